The van der Waals surface area contributed by atoms with E-state index in [1.165, 1.54) is 5.56 Å². The van der Waals surface area contributed by atoms with Gasteiger partial charge in [-0.15, -0.1) is 0 Å². The predicted molar refractivity (Wildman–Crippen MR) is 83.9 cm³/mol. The van der Waals surface area contributed by atoms with Crippen LogP contribution < -0.4 is 5.32 Å². The molecule has 0 fully saturated rings. The van der Waals surface area contributed by atoms with E-state index in [9.17, 15) is 5.11 Å². The number of aliphatic hydroxyl groups excluding tert-OH is 2. The van der Waals surface area contributed by atoms with Gasteiger partial charge in [0.2, 0.25) is 0 Å². The normalized spacial score (nSPS) is 16.1. The topological polar surface area (TPSA) is 52.5 Å². The Labute approximate surface area is 123 Å². The van der Waals surface area contributed by atoms with Crippen LogP contribution in [0.3, 0.4) is 0 Å². The molecule has 1 aromatic rings. The molecule has 1 aromatic carbocycles. The molecule has 0 aliphatic carbocycles. The minimum atomic E-state index is -0.513. The summed E-state index contributed by atoms with van der Waals surface area (Å²) in [5.74, 6) is 0.507. The molecule has 3 N–H and O–H groups in total. The SMILES string of the molecule is CCC(C)(CCO)NCC(O)c1ccc(C(C)C)cc1. The molecular weight excluding hydrogens is 250 g/mol. The van der Waals surface area contributed by atoms with Crippen LogP contribution >= 0.6 is 0 Å². The van der Waals surface area contributed by atoms with Crippen molar-refractivity contribution in [1.29, 1.82) is 0 Å². The molecule has 0 radical (unpaired) electrons. The van der Waals surface area contributed by atoms with Gasteiger partial charge in [0, 0.05) is 18.7 Å². The first-order valence-electron chi connectivity index (χ1n) is 7.55. The summed E-state index contributed by atoms with van der Waals surface area (Å²) in [7, 11) is 0. The van der Waals surface area contributed by atoms with Crippen LogP contribution in [0.1, 0.15) is 63.7 Å². The van der Waals surface area contributed by atoms with Gasteiger partial charge in [-0.05, 0) is 36.8 Å². The second-order valence-corrected chi connectivity index (χ2v) is 6.11. The first kappa shape index (κ1) is 17.2. The summed E-state index contributed by atoms with van der Waals surface area (Å²) in [6.07, 6.45) is 1.11. The van der Waals surface area contributed by atoms with Crippen molar-refractivity contribution in [2.45, 2.75) is 58.1 Å². The molecule has 0 aliphatic heterocycles. The van der Waals surface area contributed by atoms with Crippen LogP contribution in [0.25, 0.3) is 0 Å². The maximum Gasteiger partial charge on any atom is 0.0914 e. The Hall–Kier alpha value is -0.900. The fourth-order valence-electron chi connectivity index (χ4n) is 2.20. The predicted octanol–water partition coefficient (Wildman–Crippen LogP) is 2.98. The Bertz CT molecular complexity index is 388. The van der Waals surface area contributed by atoms with Crippen LogP contribution in [0, 0.1) is 0 Å². The van der Waals surface area contributed by atoms with Crippen molar-refractivity contribution in [1.82, 2.24) is 5.32 Å². The zero-order chi connectivity index (χ0) is 15.2. The van der Waals surface area contributed by atoms with Crippen molar-refractivity contribution in [3.8, 4) is 0 Å². The van der Waals surface area contributed by atoms with Gasteiger partial charge in [0.15, 0.2) is 0 Å². The van der Waals surface area contributed by atoms with Crippen molar-refractivity contribution in [3.63, 3.8) is 0 Å². The van der Waals surface area contributed by atoms with E-state index in [-0.39, 0.29) is 12.1 Å². The van der Waals surface area contributed by atoms with Gasteiger partial charge < -0.3 is 15.5 Å². The van der Waals surface area contributed by atoms with E-state index < -0.39 is 6.10 Å². The van der Waals surface area contributed by atoms with E-state index in [1.54, 1.807) is 0 Å². The number of nitrogens with one attached hydrogen (secondary N) is 1. The first-order chi connectivity index (χ1) is 9.41. The summed E-state index contributed by atoms with van der Waals surface area (Å²) in [5, 5.41) is 22.7. The fourth-order valence-corrected chi connectivity index (χ4v) is 2.20. The summed E-state index contributed by atoms with van der Waals surface area (Å²) in [5.41, 5.74) is 2.10. The van der Waals surface area contributed by atoms with Crippen LogP contribution in [-0.4, -0.2) is 28.9 Å². The van der Waals surface area contributed by atoms with Crippen molar-refractivity contribution in [3.05, 3.63) is 35.4 Å². The third kappa shape index (κ3) is 4.89. The molecule has 0 heterocycles. The maximum atomic E-state index is 10.3. The van der Waals surface area contributed by atoms with Gasteiger partial charge in [-0.1, -0.05) is 45.0 Å². The number of hydrogen-bond donors (Lipinski definition) is 3. The van der Waals surface area contributed by atoms with Gasteiger partial charge in [0.25, 0.3) is 0 Å². The molecule has 0 amide bonds. The molecule has 0 aliphatic rings. The highest BCUT2D eigenvalue weighted by Gasteiger charge is 2.22. The Morgan fingerprint density at radius 3 is 2.15 bits per heavy atom. The second kappa shape index (κ2) is 7.77. The molecular formula is C17H29NO2. The highest BCUT2D eigenvalue weighted by atomic mass is 16.3. The van der Waals surface area contributed by atoms with E-state index in [0.29, 0.717) is 18.9 Å². The van der Waals surface area contributed by atoms with Crippen molar-refractivity contribution >= 4 is 0 Å². The second-order valence-electron chi connectivity index (χ2n) is 6.11. The van der Waals surface area contributed by atoms with Gasteiger partial charge in [0.1, 0.15) is 0 Å². The summed E-state index contributed by atoms with van der Waals surface area (Å²) in [6, 6.07) is 8.15. The van der Waals surface area contributed by atoms with E-state index in [0.717, 1.165) is 12.0 Å². The van der Waals surface area contributed by atoms with Crippen LogP contribution in [0.5, 0.6) is 0 Å². The molecule has 0 saturated carbocycles. The number of rotatable bonds is 8. The third-order valence-corrected chi connectivity index (χ3v) is 4.15. The molecule has 3 nitrogen and oxygen atoms in total. The monoisotopic (exact) mass is 279 g/mol. The quantitative estimate of drug-likeness (QED) is 0.685. The van der Waals surface area contributed by atoms with Gasteiger partial charge >= 0.3 is 0 Å². The highest BCUT2D eigenvalue weighted by Crippen LogP contribution is 2.20. The van der Waals surface area contributed by atoms with Gasteiger partial charge in [0.05, 0.1) is 6.10 Å². The summed E-state index contributed by atoms with van der Waals surface area (Å²) in [6.45, 7) is 9.16. The minimum absolute atomic E-state index is 0.117. The van der Waals surface area contributed by atoms with Gasteiger partial charge in [-0.3, -0.25) is 0 Å². The number of β-amino-alcohol motifs (C(OH)–C–C–N with tert-alkyl or cyclic N) is 1. The van der Waals surface area contributed by atoms with Gasteiger partial charge in [-0.2, -0.15) is 0 Å². The summed E-state index contributed by atoms with van der Waals surface area (Å²) >= 11 is 0. The molecule has 3 heteroatoms. The molecule has 1 rings (SSSR count). The van der Waals surface area contributed by atoms with Crippen molar-refractivity contribution < 1.29 is 10.2 Å². The smallest absolute Gasteiger partial charge is 0.0914 e. The average molecular weight is 279 g/mol. The third-order valence-electron chi connectivity index (χ3n) is 4.15. The van der Waals surface area contributed by atoms with Gasteiger partial charge in [-0.25, -0.2) is 0 Å². The number of hydrogen-bond acceptors (Lipinski definition) is 3. The highest BCUT2D eigenvalue weighted by molar-refractivity contribution is 5.26. The molecule has 114 valence electrons. The zero-order valence-electron chi connectivity index (χ0n) is 13.2. The lowest BCUT2D eigenvalue weighted by Gasteiger charge is -2.30. The summed E-state index contributed by atoms with van der Waals surface area (Å²) in [4.78, 5) is 0. The van der Waals surface area contributed by atoms with E-state index in [4.69, 9.17) is 5.11 Å². The lowest BCUT2D eigenvalue weighted by Crippen LogP contribution is -2.44. The number of benzene rings is 1. The Balaban J connectivity index is 2.60. The largest absolute Gasteiger partial charge is 0.396 e. The van der Waals surface area contributed by atoms with Crippen molar-refractivity contribution in [2.24, 2.45) is 0 Å². The van der Waals surface area contributed by atoms with Crippen LogP contribution in [0.4, 0.5) is 0 Å². The van der Waals surface area contributed by atoms with E-state index in [1.807, 2.05) is 12.1 Å². The fraction of sp³-hybridized carbons (Fsp3) is 0.647. The Morgan fingerprint density at radius 1 is 1.15 bits per heavy atom. The molecule has 0 spiro atoms. The molecule has 2 unspecified atom stereocenters. The lowest BCUT2D eigenvalue weighted by atomic mass is 9.94. The number of aliphatic hydroxyl groups is 2. The Morgan fingerprint density at radius 2 is 1.70 bits per heavy atom. The van der Waals surface area contributed by atoms with Crippen molar-refractivity contribution in [2.75, 3.05) is 13.2 Å². The van der Waals surface area contributed by atoms with E-state index in [2.05, 4.69) is 45.1 Å². The van der Waals surface area contributed by atoms with Crippen LogP contribution in [-0.2, 0) is 0 Å². The average Bonchev–Trinajstić information content (AvgIpc) is 2.45. The molecule has 20 heavy (non-hydrogen) atoms. The van der Waals surface area contributed by atoms with E-state index >= 15 is 0 Å². The standard InChI is InChI=1S/C17H29NO2/c1-5-17(4,10-11-19)18-12-16(20)15-8-6-14(7-9-15)13(2)3/h6-9,13,16,18-20H,5,10-12H2,1-4H3. The van der Waals surface area contributed by atoms with Crippen LogP contribution in [0.2, 0.25) is 0 Å². The lowest BCUT2D eigenvalue weighted by molar-refractivity contribution is 0.145. The Kier molecular flexibility index (Phi) is 6.66. The zero-order valence-corrected chi connectivity index (χ0v) is 13.2. The molecule has 0 aromatic heterocycles. The molecule has 2 atom stereocenters. The minimum Gasteiger partial charge on any atom is -0.396 e. The molecule has 0 bridgehead atoms. The summed E-state index contributed by atoms with van der Waals surface area (Å²) < 4.78 is 0. The maximum absolute atomic E-state index is 10.3. The van der Waals surface area contributed by atoms with Crippen LogP contribution in [0.15, 0.2) is 24.3 Å². The molecule has 0 saturated heterocycles. The first-order valence-corrected chi connectivity index (χ1v) is 7.55.